The van der Waals surface area contributed by atoms with E-state index < -0.39 is 15.9 Å². The Balaban J connectivity index is 1.83. The topological polar surface area (TPSA) is 89.0 Å². The maximum Gasteiger partial charge on any atom is 0.255 e. The van der Waals surface area contributed by atoms with Gasteiger partial charge in [0.15, 0.2) is 9.84 Å². The smallest absolute Gasteiger partial charge is 0.255 e. The minimum Gasteiger partial charge on any atom is -0.346 e. The molecule has 154 valence electrons. The third-order valence-electron chi connectivity index (χ3n) is 5.77. The van der Waals surface area contributed by atoms with E-state index in [1.54, 1.807) is 13.1 Å². The molecule has 1 amide bonds. The van der Waals surface area contributed by atoms with Gasteiger partial charge < -0.3 is 5.32 Å². The Hall–Kier alpha value is -1.76. The number of carbonyl (C=O) groups excluding carboxylic acids is 1. The fourth-order valence-electron chi connectivity index (χ4n) is 4.25. The number of hydrogen-bond acceptors (Lipinski definition) is 5. The summed E-state index contributed by atoms with van der Waals surface area (Å²) in [7, 11) is -3.22. The lowest BCUT2D eigenvalue weighted by atomic mass is 9.85. The zero-order valence-electron chi connectivity index (χ0n) is 16.9. The summed E-state index contributed by atoms with van der Waals surface area (Å²) < 4.78 is 22.6. The van der Waals surface area contributed by atoms with Crippen LogP contribution in [0.3, 0.4) is 0 Å². The van der Waals surface area contributed by atoms with Crippen molar-refractivity contribution in [2.45, 2.75) is 82.6 Å². The van der Waals surface area contributed by atoms with Crippen LogP contribution in [0, 0.1) is 0 Å². The summed E-state index contributed by atoms with van der Waals surface area (Å²) >= 11 is 0. The first-order valence-electron chi connectivity index (χ1n) is 10.4. The van der Waals surface area contributed by atoms with E-state index in [2.05, 4.69) is 10.3 Å². The molecule has 7 heteroatoms. The summed E-state index contributed by atoms with van der Waals surface area (Å²) in [5.41, 5.74) is 1.42. The van der Waals surface area contributed by atoms with E-state index >= 15 is 0 Å². The van der Waals surface area contributed by atoms with Gasteiger partial charge in [0.1, 0.15) is 5.82 Å². The van der Waals surface area contributed by atoms with Crippen molar-refractivity contribution in [3.8, 4) is 0 Å². The molecule has 2 aliphatic carbocycles. The van der Waals surface area contributed by atoms with Crippen molar-refractivity contribution >= 4 is 15.7 Å². The Kier molecular flexibility index (Phi) is 6.86. The SMILES string of the molecule is C[C@@H](/C=C/S(C)(=O)=O)NC(=O)c1cnc(C2CCCC2)nc1C1CCCCC1. The quantitative estimate of drug-likeness (QED) is 0.776. The summed E-state index contributed by atoms with van der Waals surface area (Å²) in [4.78, 5) is 22.4. The Bertz CT molecular complexity index is 823. The zero-order chi connectivity index (χ0) is 20.1. The molecular formula is C21H31N3O3S. The number of nitrogens with one attached hydrogen (secondary N) is 1. The van der Waals surface area contributed by atoms with E-state index in [1.165, 1.54) is 38.2 Å². The molecule has 1 N–H and O–H groups in total. The first-order valence-corrected chi connectivity index (χ1v) is 12.3. The number of hydrogen-bond donors (Lipinski definition) is 1. The van der Waals surface area contributed by atoms with Crippen LogP contribution in [0.4, 0.5) is 0 Å². The summed E-state index contributed by atoms with van der Waals surface area (Å²) in [6, 6.07) is -0.393. The Morgan fingerprint density at radius 1 is 1.11 bits per heavy atom. The van der Waals surface area contributed by atoms with Crippen molar-refractivity contribution in [2.75, 3.05) is 6.26 Å². The summed E-state index contributed by atoms with van der Waals surface area (Å²) in [6.45, 7) is 1.76. The zero-order valence-corrected chi connectivity index (χ0v) is 17.7. The summed E-state index contributed by atoms with van der Waals surface area (Å²) in [5, 5.41) is 3.99. The van der Waals surface area contributed by atoms with Gasteiger partial charge in [-0.3, -0.25) is 4.79 Å². The number of rotatable bonds is 6. The van der Waals surface area contributed by atoms with Gasteiger partial charge in [-0.25, -0.2) is 18.4 Å². The van der Waals surface area contributed by atoms with Crippen LogP contribution in [0.25, 0.3) is 0 Å². The number of amides is 1. The van der Waals surface area contributed by atoms with Gasteiger partial charge in [0.2, 0.25) is 0 Å². The highest BCUT2D eigenvalue weighted by atomic mass is 32.2. The monoisotopic (exact) mass is 405 g/mol. The number of aromatic nitrogens is 2. The molecule has 0 unspecified atom stereocenters. The van der Waals surface area contributed by atoms with Crippen molar-refractivity contribution in [3.05, 3.63) is 34.8 Å². The van der Waals surface area contributed by atoms with E-state index in [1.807, 2.05) is 0 Å². The highest BCUT2D eigenvalue weighted by Gasteiger charge is 2.27. The summed E-state index contributed by atoms with van der Waals surface area (Å²) in [5.74, 6) is 1.37. The normalized spacial score (nSPS) is 20.5. The van der Waals surface area contributed by atoms with Crippen LogP contribution < -0.4 is 5.32 Å². The highest BCUT2D eigenvalue weighted by Crippen LogP contribution is 2.36. The Morgan fingerprint density at radius 2 is 1.71 bits per heavy atom. The van der Waals surface area contributed by atoms with Gasteiger partial charge in [0.25, 0.3) is 5.91 Å². The van der Waals surface area contributed by atoms with E-state index in [0.717, 1.165) is 48.9 Å². The average molecular weight is 406 g/mol. The molecule has 28 heavy (non-hydrogen) atoms. The highest BCUT2D eigenvalue weighted by molar-refractivity contribution is 7.93. The van der Waals surface area contributed by atoms with Crippen molar-refractivity contribution in [1.82, 2.24) is 15.3 Å². The van der Waals surface area contributed by atoms with Crippen molar-refractivity contribution in [2.24, 2.45) is 0 Å². The minimum absolute atomic E-state index is 0.232. The molecular weight excluding hydrogens is 374 g/mol. The molecule has 0 saturated heterocycles. The van der Waals surface area contributed by atoms with Gasteiger partial charge in [-0.15, -0.1) is 0 Å². The molecule has 1 heterocycles. The lowest BCUT2D eigenvalue weighted by Gasteiger charge is -2.24. The molecule has 2 aliphatic rings. The molecule has 1 aromatic heterocycles. The third-order valence-corrected chi connectivity index (χ3v) is 6.42. The molecule has 3 rings (SSSR count). The van der Waals surface area contributed by atoms with Gasteiger partial charge >= 0.3 is 0 Å². The number of sulfone groups is 1. The molecule has 0 radical (unpaired) electrons. The molecule has 2 saturated carbocycles. The second kappa shape index (κ2) is 9.16. The van der Waals surface area contributed by atoms with Gasteiger partial charge in [-0.2, -0.15) is 0 Å². The first-order chi connectivity index (χ1) is 13.3. The standard InChI is InChI=1S/C21H31N3O3S/c1-15(12-13-28(2,26)27)23-21(25)18-14-22-20(17-10-6-7-11-17)24-19(18)16-8-4-3-5-9-16/h12-17H,3-11H2,1-2H3,(H,23,25)/b13-12+/t15-/m0/s1. The van der Waals surface area contributed by atoms with Crippen LogP contribution in [0.2, 0.25) is 0 Å². The lowest BCUT2D eigenvalue weighted by molar-refractivity contribution is 0.0944. The predicted molar refractivity (Wildman–Crippen MR) is 110 cm³/mol. The van der Waals surface area contributed by atoms with Crippen LogP contribution in [-0.2, 0) is 9.84 Å². The number of carbonyl (C=O) groups is 1. The fraction of sp³-hybridized carbons (Fsp3) is 0.667. The lowest BCUT2D eigenvalue weighted by Crippen LogP contribution is -2.33. The van der Waals surface area contributed by atoms with Crippen LogP contribution >= 0.6 is 0 Å². The van der Waals surface area contributed by atoms with E-state index in [9.17, 15) is 13.2 Å². The maximum absolute atomic E-state index is 12.9. The minimum atomic E-state index is -3.22. The molecule has 0 bridgehead atoms. The second-order valence-electron chi connectivity index (χ2n) is 8.26. The van der Waals surface area contributed by atoms with Gasteiger partial charge in [-0.05, 0) is 32.6 Å². The Labute approximate surface area is 168 Å². The predicted octanol–water partition coefficient (Wildman–Crippen LogP) is 3.86. The van der Waals surface area contributed by atoms with Crippen LogP contribution in [0.1, 0.15) is 98.4 Å². The number of nitrogens with zero attached hydrogens (tertiary/aromatic N) is 2. The van der Waals surface area contributed by atoms with Gasteiger partial charge in [0.05, 0.1) is 11.3 Å². The third kappa shape index (κ3) is 5.63. The van der Waals surface area contributed by atoms with Gasteiger partial charge in [0, 0.05) is 35.7 Å². The van der Waals surface area contributed by atoms with E-state index in [4.69, 9.17) is 4.98 Å². The molecule has 6 nitrogen and oxygen atoms in total. The molecule has 2 fully saturated rings. The van der Waals surface area contributed by atoms with E-state index in [-0.39, 0.29) is 5.91 Å². The van der Waals surface area contributed by atoms with Crippen molar-refractivity contribution in [1.29, 1.82) is 0 Å². The molecule has 1 aromatic rings. The molecule has 0 spiro atoms. The summed E-state index contributed by atoms with van der Waals surface area (Å²) in [6.07, 6.45) is 14.7. The van der Waals surface area contributed by atoms with E-state index in [0.29, 0.717) is 17.4 Å². The van der Waals surface area contributed by atoms with Crippen LogP contribution in [0.15, 0.2) is 17.7 Å². The van der Waals surface area contributed by atoms with Crippen LogP contribution in [-0.4, -0.2) is 36.6 Å². The average Bonchev–Trinajstić information content (AvgIpc) is 3.21. The second-order valence-corrected chi connectivity index (χ2v) is 10.2. The molecule has 1 atom stereocenters. The van der Waals surface area contributed by atoms with Crippen molar-refractivity contribution in [3.63, 3.8) is 0 Å². The largest absolute Gasteiger partial charge is 0.346 e. The van der Waals surface area contributed by atoms with Crippen molar-refractivity contribution < 1.29 is 13.2 Å². The first kappa shape index (κ1) is 21.0. The molecule has 0 aromatic carbocycles. The van der Waals surface area contributed by atoms with Gasteiger partial charge in [-0.1, -0.05) is 38.2 Å². The molecule has 0 aliphatic heterocycles. The Morgan fingerprint density at radius 3 is 2.36 bits per heavy atom. The van der Waals surface area contributed by atoms with Crippen LogP contribution in [0.5, 0.6) is 0 Å². The fourth-order valence-corrected chi connectivity index (χ4v) is 4.77. The maximum atomic E-state index is 12.9.